The molecule has 1 aromatic rings. The van der Waals surface area contributed by atoms with Gasteiger partial charge in [-0.15, -0.1) is 0 Å². The quantitative estimate of drug-likeness (QED) is 0.740. The molecule has 0 aliphatic rings. The van der Waals surface area contributed by atoms with E-state index in [9.17, 15) is 4.79 Å². The molecule has 17 heavy (non-hydrogen) atoms. The molecule has 0 aliphatic carbocycles. The second-order valence-corrected chi connectivity index (χ2v) is 3.93. The zero-order valence-corrected chi connectivity index (χ0v) is 10.2. The predicted molar refractivity (Wildman–Crippen MR) is 69.8 cm³/mol. The summed E-state index contributed by atoms with van der Waals surface area (Å²) >= 11 is 0. The van der Waals surface area contributed by atoms with Gasteiger partial charge in [-0.1, -0.05) is 25.5 Å². The van der Waals surface area contributed by atoms with E-state index in [0.29, 0.717) is 17.8 Å². The number of hydrogen-bond acceptors (Lipinski definition) is 3. The lowest BCUT2D eigenvalue weighted by atomic mass is 10.2. The van der Waals surface area contributed by atoms with Crippen LogP contribution in [0.4, 0.5) is 11.4 Å². The summed E-state index contributed by atoms with van der Waals surface area (Å²) in [6.45, 7) is 2.27. The first-order chi connectivity index (χ1) is 8.20. The SMILES string of the molecule is CCCCC(=O)N(CCO)c1ccccc1N. The number of amides is 1. The van der Waals surface area contributed by atoms with Crippen LogP contribution in [-0.2, 0) is 4.79 Å². The summed E-state index contributed by atoms with van der Waals surface area (Å²) < 4.78 is 0. The van der Waals surface area contributed by atoms with Gasteiger partial charge in [-0.25, -0.2) is 0 Å². The van der Waals surface area contributed by atoms with Crippen molar-refractivity contribution in [3.05, 3.63) is 24.3 Å². The summed E-state index contributed by atoms with van der Waals surface area (Å²) in [4.78, 5) is 13.6. The summed E-state index contributed by atoms with van der Waals surface area (Å²) in [6, 6.07) is 7.22. The Balaban J connectivity index is 2.85. The van der Waals surface area contributed by atoms with Gasteiger partial charge in [0.1, 0.15) is 0 Å². The highest BCUT2D eigenvalue weighted by Crippen LogP contribution is 2.23. The summed E-state index contributed by atoms with van der Waals surface area (Å²) in [5.41, 5.74) is 7.09. The number of nitrogens with two attached hydrogens (primary N) is 1. The summed E-state index contributed by atoms with van der Waals surface area (Å²) in [6.07, 6.45) is 2.32. The lowest BCUT2D eigenvalue weighted by molar-refractivity contribution is -0.118. The molecule has 0 aromatic heterocycles. The van der Waals surface area contributed by atoms with E-state index in [2.05, 4.69) is 0 Å². The Morgan fingerprint density at radius 2 is 2.12 bits per heavy atom. The van der Waals surface area contributed by atoms with E-state index in [4.69, 9.17) is 10.8 Å². The van der Waals surface area contributed by atoms with Crippen molar-refractivity contribution >= 4 is 17.3 Å². The van der Waals surface area contributed by atoms with Crippen molar-refractivity contribution in [2.45, 2.75) is 26.2 Å². The highest BCUT2D eigenvalue weighted by atomic mass is 16.3. The van der Waals surface area contributed by atoms with Crippen LogP contribution in [0.1, 0.15) is 26.2 Å². The zero-order valence-electron chi connectivity index (χ0n) is 10.2. The van der Waals surface area contributed by atoms with Gasteiger partial charge in [0, 0.05) is 13.0 Å². The molecule has 4 nitrogen and oxygen atoms in total. The second-order valence-electron chi connectivity index (χ2n) is 3.93. The second kappa shape index (κ2) is 6.91. The van der Waals surface area contributed by atoms with Gasteiger partial charge in [0.25, 0.3) is 0 Å². The molecule has 0 saturated carbocycles. The van der Waals surface area contributed by atoms with Crippen molar-refractivity contribution in [3.63, 3.8) is 0 Å². The first kappa shape index (κ1) is 13.5. The van der Waals surface area contributed by atoms with Crippen molar-refractivity contribution < 1.29 is 9.90 Å². The van der Waals surface area contributed by atoms with Crippen LogP contribution in [0, 0.1) is 0 Å². The minimum absolute atomic E-state index is 0.0128. The average Bonchev–Trinajstić information content (AvgIpc) is 2.34. The van der Waals surface area contributed by atoms with Gasteiger partial charge in [0.15, 0.2) is 0 Å². The van der Waals surface area contributed by atoms with Crippen LogP contribution >= 0.6 is 0 Å². The van der Waals surface area contributed by atoms with E-state index in [1.807, 2.05) is 19.1 Å². The van der Waals surface area contributed by atoms with Crippen molar-refractivity contribution in [2.24, 2.45) is 0 Å². The largest absolute Gasteiger partial charge is 0.397 e. The van der Waals surface area contributed by atoms with Crippen LogP contribution in [0.3, 0.4) is 0 Å². The number of nitrogen functional groups attached to an aromatic ring is 1. The first-order valence-corrected chi connectivity index (χ1v) is 5.96. The lowest BCUT2D eigenvalue weighted by Crippen LogP contribution is -2.33. The molecule has 94 valence electrons. The first-order valence-electron chi connectivity index (χ1n) is 5.96. The third-order valence-electron chi connectivity index (χ3n) is 2.60. The smallest absolute Gasteiger partial charge is 0.227 e. The number of aliphatic hydroxyl groups excluding tert-OH is 1. The Hall–Kier alpha value is -1.55. The number of hydrogen-bond donors (Lipinski definition) is 2. The Morgan fingerprint density at radius 3 is 2.71 bits per heavy atom. The van der Waals surface area contributed by atoms with Crippen LogP contribution < -0.4 is 10.6 Å². The number of para-hydroxylation sites is 2. The van der Waals surface area contributed by atoms with Gasteiger partial charge < -0.3 is 15.7 Å². The van der Waals surface area contributed by atoms with Crippen LogP contribution in [0.2, 0.25) is 0 Å². The topological polar surface area (TPSA) is 66.6 Å². The molecule has 0 bridgehead atoms. The van der Waals surface area contributed by atoms with Gasteiger partial charge in [-0.2, -0.15) is 0 Å². The number of benzene rings is 1. The fourth-order valence-electron chi connectivity index (χ4n) is 1.68. The molecule has 1 amide bonds. The number of anilines is 2. The van der Waals surface area contributed by atoms with Crippen LogP contribution in [0.25, 0.3) is 0 Å². The van der Waals surface area contributed by atoms with Gasteiger partial charge in [-0.3, -0.25) is 4.79 Å². The maximum Gasteiger partial charge on any atom is 0.227 e. The minimum Gasteiger partial charge on any atom is -0.397 e. The maximum atomic E-state index is 12.0. The highest BCUT2D eigenvalue weighted by molar-refractivity contribution is 5.96. The maximum absolute atomic E-state index is 12.0. The molecule has 0 spiro atoms. The Bertz CT molecular complexity index is 366. The molecule has 4 heteroatoms. The van der Waals surface area contributed by atoms with Gasteiger partial charge in [-0.05, 0) is 18.6 Å². The fraction of sp³-hybridized carbons (Fsp3) is 0.462. The fourth-order valence-corrected chi connectivity index (χ4v) is 1.68. The van der Waals surface area contributed by atoms with E-state index in [-0.39, 0.29) is 19.1 Å². The van der Waals surface area contributed by atoms with E-state index in [1.165, 1.54) is 0 Å². The molecule has 0 aliphatic heterocycles. The number of nitrogens with zero attached hydrogens (tertiary/aromatic N) is 1. The standard InChI is InChI=1S/C13H20N2O2/c1-2-3-8-13(17)15(9-10-16)12-7-5-4-6-11(12)14/h4-7,16H,2-3,8-10,14H2,1H3. The molecule has 3 N–H and O–H groups in total. The third-order valence-corrected chi connectivity index (χ3v) is 2.60. The normalized spacial score (nSPS) is 10.2. The number of unbranched alkanes of at least 4 members (excludes halogenated alkanes) is 1. The van der Waals surface area contributed by atoms with Crippen molar-refractivity contribution in [1.82, 2.24) is 0 Å². The van der Waals surface area contributed by atoms with Crippen LogP contribution in [-0.4, -0.2) is 24.2 Å². The van der Waals surface area contributed by atoms with Crippen molar-refractivity contribution in [3.8, 4) is 0 Å². The molecule has 0 radical (unpaired) electrons. The molecule has 0 fully saturated rings. The molecule has 0 unspecified atom stereocenters. The molecule has 1 rings (SSSR count). The van der Waals surface area contributed by atoms with Gasteiger partial charge in [0.2, 0.25) is 5.91 Å². The van der Waals surface area contributed by atoms with Gasteiger partial charge >= 0.3 is 0 Å². The molecule has 0 atom stereocenters. The summed E-state index contributed by atoms with van der Waals surface area (Å²) in [5, 5.41) is 9.03. The number of carbonyl (C=O) groups is 1. The third kappa shape index (κ3) is 3.75. The monoisotopic (exact) mass is 236 g/mol. The Labute approximate surface area is 102 Å². The van der Waals surface area contributed by atoms with E-state index in [0.717, 1.165) is 12.8 Å². The summed E-state index contributed by atoms with van der Waals surface area (Å²) in [5.74, 6) is 0.0128. The van der Waals surface area contributed by atoms with E-state index >= 15 is 0 Å². The van der Waals surface area contributed by atoms with E-state index < -0.39 is 0 Å². The highest BCUT2D eigenvalue weighted by Gasteiger charge is 2.16. The predicted octanol–water partition coefficient (Wildman–Crippen LogP) is 1.78. The minimum atomic E-state index is -0.0633. The Morgan fingerprint density at radius 1 is 1.41 bits per heavy atom. The Kier molecular flexibility index (Phi) is 5.49. The summed E-state index contributed by atoms with van der Waals surface area (Å²) in [7, 11) is 0. The van der Waals surface area contributed by atoms with Crippen LogP contribution in [0.15, 0.2) is 24.3 Å². The van der Waals surface area contributed by atoms with Crippen molar-refractivity contribution in [1.29, 1.82) is 0 Å². The molecule has 0 saturated heterocycles. The number of aliphatic hydroxyl groups is 1. The molecular formula is C13H20N2O2. The van der Waals surface area contributed by atoms with E-state index in [1.54, 1.807) is 17.0 Å². The average molecular weight is 236 g/mol. The van der Waals surface area contributed by atoms with Crippen molar-refractivity contribution in [2.75, 3.05) is 23.8 Å². The molecule has 0 heterocycles. The number of rotatable bonds is 6. The number of carbonyl (C=O) groups excluding carboxylic acids is 1. The molecule has 1 aromatic carbocycles. The molecular weight excluding hydrogens is 216 g/mol. The van der Waals surface area contributed by atoms with Gasteiger partial charge in [0.05, 0.1) is 18.0 Å². The lowest BCUT2D eigenvalue weighted by Gasteiger charge is -2.23. The van der Waals surface area contributed by atoms with Crippen LogP contribution in [0.5, 0.6) is 0 Å². The zero-order chi connectivity index (χ0) is 12.7.